The van der Waals surface area contributed by atoms with Gasteiger partial charge >= 0.3 is 0 Å². The molecule has 0 spiro atoms. The summed E-state index contributed by atoms with van der Waals surface area (Å²) in [6.45, 7) is 22.5. The van der Waals surface area contributed by atoms with Crippen LogP contribution in [0, 0.1) is 50.6 Å². The number of aryl methyl sites for hydroxylation is 4. The van der Waals surface area contributed by atoms with Crippen molar-refractivity contribution in [2.75, 3.05) is 0 Å². The topological polar surface area (TPSA) is 0 Å². The first-order chi connectivity index (χ1) is 13.2. The van der Waals surface area contributed by atoms with Crippen LogP contribution in [0.2, 0.25) is 39.3 Å². The molecule has 2 rings (SSSR count). The minimum atomic E-state index is -1.36. The Labute approximate surface area is 181 Å². The molecule has 0 nitrogen and oxygen atoms in total. The fourth-order valence-corrected chi connectivity index (χ4v) is 4.14. The molecule has 0 saturated carbocycles. The zero-order chi connectivity index (χ0) is 22.0. The summed E-state index contributed by atoms with van der Waals surface area (Å²) in [5, 5.41) is 0. The Morgan fingerprint density at radius 1 is 0.552 bits per heavy atom. The van der Waals surface area contributed by atoms with E-state index in [1.165, 1.54) is 44.5 Å². The molecule has 2 heteroatoms. The van der Waals surface area contributed by atoms with Crippen molar-refractivity contribution < 1.29 is 0 Å². The van der Waals surface area contributed by atoms with Crippen LogP contribution in [0.3, 0.4) is 0 Å². The molecule has 152 valence electrons. The van der Waals surface area contributed by atoms with E-state index in [-0.39, 0.29) is 0 Å². The lowest BCUT2D eigenvalue weighted by atomic mass is 9.92. The molecule has 0 bridgehead atoms. The highest BCUT2D eigenvalue weighted by Crippen LogP contribution is 2.23. The standard InChI is InChI=1S/C27H36Si2/c1-20-17-26(22(3)15-24(20)11-13-28(5,6)7)19-27-18-21(2)25(16-23(27)4)12-14-29(8,9)10/h15-18H,19H2,1-10H3. The van der Waals surface area contributed by atoms with E-state index in [2.05, 4.69) is 114 Å². The highest BCUT2D eigenvalue weighted by molar-refractivity contribution is 6.84. The van der Waals surface area contributed by atoms with E-state index in [1.54, 1.807) is 0 Å². The first-order valence-corrected chi connectivity index (χ1v) is 17.5. The first kappa shape index (κ1) is 23.3. The molecule has 2 aromatic rings. The van der Waals surface area contributed by atoms with Gasteiger partial charge in [-0.05, 0) is 79.6 Å². The Morgan fingerprint density at radius 3 is 1.21 bits per heavy atom. The van der Waals surface area contributed by atoms with Crippen LogP contribution >= 0.6 is 0 Å². The van der Waals surface area contributed by atoms with Crippen LogP contribution in [-0.2, 0) is 6.42 Å². The maximum Gasteiger partial charge on any atom is 0.129 e. The average molecular weight is 417 g/mol. The smallest absolute Gasteiger partial charge is 0.127 e. The maximum absolute atomic E-state index is 3.50. The fourth-order valence-electron chi connectivity index (χ4n) is 3.12. The van der Waals surface area contributed by atoms with Crippen molar-refractivity contribution in [1.29, 1.82) is 0 Å². The molecule has 0 fully saturated rings. The molecule has 0 amide bonds. The largest absolute Gasteiger partial charge is 0.129 e. The van der Waals surface area contributed by atoms with Crippen LogP contribution in [-0.4, -0.2) is 16.1 Å². The summed E-state index contributed by atoms with van der Waals surface area (Å²) in [5.74, 6) is 6.88. The van der Waals surface area contributed by atoms with E-state index < -0.39 is 16.1 Å². The molecule has 0 aliphatic rings. The lowest BCUT2D eigenvalue weighted by Gasteiger charge is -2.14. The van der Waals surface area contributed by atoms with E-state index in [9.17, 15) is 0 Å². The molecule has 0 saturated heterocycles. The molecular formula is C27H36Si2. The van der Waals surface area contributed by atoms with Gasteiger partial charge in [0.15, 0.2) is 0 Å². The van der Waals surface area contributed by atoms with Gasteiger partial charge in [-0.3, -0.25) is 0 Å². The Kier molecular flexibility index (Phi) is 7.05. The number of benzene rings is 2. The zero-order valence-electron chi connectivity index (χ0n) is 20.0. The second-order valence-electron chi connectivity index (χ2n) is 10.4. The van der Waals surface area contributed by atoms with Crippen molar-refractivity contribution in [3.05, 3.63) is 68.8 Å². The molecule has 0 radical (unpaired) electrons. The van der Waals surface area contributed by atoms with Gasteiger partial charge in [-0.15, -0.1) is 11.1 Å². The van der Waals surface area contributed by atoms with Gasteiger partial charge in [-0.2, -0.15) is 0 Å². The molecule has 0 aromatic heterocycles. The van der Waals surface area contributed by atoms with Crippen molar-refractivity contribution in [3.8, 4) is 22.9 Å². The van der Waals surface area contributed by atoms with E-state index in [0.29, 0.717) is 0 Å². The van der Waals surface area contributed by atoms with E-state index in [4.69, 9.17) is 0 Å². The first-order valence-electron chi connectivity index (χ1n) is 10.5. The quantitative estimate of drug-likeness (QED) is 0.366. The third-order valence-corrected chi connectivity index (χ3v) is 6.64. The summed E-state index contributed by atoms with van der Waals surface area (Å²) in [6, 6.07) is 9.20. The van der Waals surface area contributed by atoms with Gasteiger partial charge < -0.3 is 0 Å². The van der Waals surface area contributed by atoms with Crippen LogP contribution in [0.5, 0.6) is 0 Å². The minimum absolute atomic E-state index is 0.961. The SMILES string of the molecule is Cc1cc(Cc2cc(C)c(C#C[Si](C)(C)C)cc2C)c(C)cc1C#C[Si](C)(C)C. The lowest BCUT2D eigenvalue weighted by Crippen LogP contribution is -2.16. The van der Waals surface area contributed by atoms with Crippen LogP contribution in [0.15, 0.2) is 24.3 Å². The lowest BCUT2D eigenvalue weighted by molar-refractivity contribution is 1.11. The Bertz CT molecular complexity index is 951. The zero-order valence-corrected chi connectivity index (χ0v) is 22.0. The Hall–Kier alpha value is -2.01. The monoisotopic (exact) mass is 416 g/mol. The predicted molar refractivity (Wildman–Crippen MR) is 135 cm³/mol. The second-order valence-corrected chi connectivity index (χ2v) is 19.9. The predicted octanol–water partition coefficient (Wildman–Crippen LogP) is 6.97. The van der Waals surface area contributed by atoms with Crippen molar-refractivity contribution in [2.24, 2.45) is 0 Å². The van der Waals surface area contributed by atoms with Crippen LogP contribution in [0.25, 0.3) is 0 Å². The van der Waals surface area contributed by atoms with Crippen molar-refractivity contribution >= 4 is 16.1 Å². The third kappa shape index (κ3) is 7.07. The number of hydrogen-bond donors (Lipinski definition) is 0. The summed E-state index contributed by atoms with van der Waals surface area (Å²) < 4.78 is 0. The summed E-state index contributed by atoms with van der Waals surface area (Å²) in [4.78, 5) is 0. The van der Waals surface area contributed by atoms with Gasteiger partial charge in [-0.25, -0.2) is 0 Å². The van der Waals surface area contributed by atoms with Gasteiger partial charge in [0, 0.05) is 11.1 Å². The van der Waals surface area contributed by atoms with Crippen molar-refractivity contribution in [2.45, 2.75) is 73.4 Å². The second kappa shape index (κ2) is 8.78. The van der Waals surface area contributed by atoms with Crippen LogP contribution in [0.1, 0.15) is 44.5 Å². The van der Waals surface area contributed by atoms with Crippen molar-refractivity contribution in [1.82, 2.24) is 0 Å². The summed E-state index contributed by atoms with van der Waals surface area (Å²) in [6.07, 6.45) is 0.961. The normalized spacial score (nSPS) is 11.4. The molecule has 0 N–H and O–H groups in total. The summed E-state index contributed by atoms with van der Waals surface area (Å²) in [5.41, 5.74) is 17.4. The van der Waals surface area contributed by atoms with Crippen LogP contribution in [0.4, 0.5) is 0 Å². The minimum Gasteiger partial charge on any atom is -0.127 e. The van der Waals surface area contributed by atoms with Crippen molar-refractivity contribution in [3.63, 3.8) is 0 Å². The van der Waals surface area contributed by atoms with Crippen LogP contribution < -0.4 is 0 Å². The molecule has 0 aliphatic heterocycles. The van der Waals surface area contributed by atoms with E-state index in [1.807, 2.05) is 0 Å². The highest BCUT2D eigenvalue weighted by Gasteiger charge is 2.11. The van der Waals surface area contributed by atoms with E-state index in [0.717, 1.165) is 6.42 Å². The molecular weight excluding hydrogens is 380 g/mol. The van der Waals surface area contributed by atoms with E-state index >= 15 is 0 Å². The molecule has 0 atom stereocenters. The highest BCUT2D eigenvalue weighted by atomic mass is 28.3. The number of rotatable bonds is 2. The summed E-state index contributed by atoms with van der Waals surface area (Å²) >= 11 is 0. The maximum atomic E-state index is 3.50. The van der Waals surface area contributed by atoms with Gasteiger partial charge in [0.2, 0.25) is 0 Å². The Morgan fingerprint density at radius 2 is 0.897 bits per heavy atom. The fraction of sp³-hybridized carbons (Fsp3) is 0.407. The van der Waals surface area contributed by atoms with Gasteiger partial charge in [0.1, 0.15) is 16.1 Å². The average Bonchev–Trinajstić information content (AvgIpc) is 2.56. The molecule has 0 unspecified atom stereocenters. The molecule has 29 heavy (non-hydrogen) atoms. The Balaban J connectivity index is 2.36. The van der Waals surface area contributed by atoms with Gasteiger partial charge in [0.25, 0.3) is 0 Å². The molecule has 0 aliphatic carbocycles. The third-order valence-electron chi connectivity index (χ3n) is 4.89. The number of hydrogen-bond acceptors (Lipinski definition) is 0. The van der Waals surface area contributed by atoms with Gasteiger partial charge in [-0.1, -0.05) is 63.3 Å². The summed E-state index contributed by atoms with van der Waals surface area (Å²) in [7, 11) is -2.73. The van der Waals surface area contributed by atoms with Gasteiger partial charge in [0.05, 0.1) is 0 Å². The molecule has 0 heterocycles. The molecule has 2 aromatic carbocycles.